The molecule has 0 aliphatic carbocycles. The fourth-order valence-corrected chi connectivity index (χ4v) is 4.04. The molecule has 0 aliphatic rings. The van der Waals surface area contributed by atoms with Crippen LogP contribution in [0.3, 0.4) is 0 Å². The molecule has 3 rings (SSSR count). The number of carboxylic acids is 1. The molecule has 7 heteroatoms. The Morgan fingerprint density at radius 1 is 1.27 bits per heavy atom. The van der Waals surface area contributed by atoms with Crippen molar-refractivity contribution in [2.45, 2.75) is 24.3 Å². The topological polar surface area (TPSA) is 86.9 Å². The van der Waals surface area contributed by atoms with E-state index in [0.717, 1.165) is 16.0 Å². The van der Waals surface area contributed by atoms with E-state index in [1.165, 1.54) is 23.1 Å². The van der Waals surface area contributed by atoms with Crippen LogP contribution in [0, 0.1) is 18.3 Å². The van der Waals surface area contributed by atoms with Crippen molar-refractivity contribution in [1.82, 2.24) is 9.97 Å². The second kappa shape index (κ2) is 8.13. The monoisotopic (exact) mass is 381 g/mol. The van der Waals surface area contributed by atoms with E-state index in [1.54, 1.807) is 6.07 Å². The first kappa shape index (κ1) is 18.1. The predicted molar refractivity (Wildman–Crippen MR) is 102 cm³/mol. The van der Waals surface area contributed by atoms with Crippen molar-refractivity contribution in [3.63, 3.8) is 0 Å². The molecule has 130 valence electrons. The Morgan fingerprint density at radius 2 is 2.08 bits per heavy atom. The molecule has 1 aromatic carbocycles. The number of thioether (sulfide) groups is 1. The number of aryl methyl sites for hydroxylation is 1. The fourth-order valence-electron chi connectivity index (χ4n) is 2.49. The molecule has 0 saturated carbocycles. The van der Waals surface area contributed by atoms with Crippen molar-refractivity contribution in [2.75, 3.05) is 0 Å². The fraction of sp³-hybridized carbons (Fsp3) is 0.158. The Balaban J connectivity index is 1.83. The highest BCUT2D eigenvalue weighted by Crippen LogP contribution is 2.30. The molecule has 0 amide bonds. The van der Waals surface area contributed by atoms with E-state index in [4.69, 9.17) is 5.11 Å². The number of aliphatic carboxylic acids is 1. The summed E-state index contributed by atoms with van der Waals surface area (Å²) in [5.41, 5.74) is 3.61. The zero-order valence-electron chi connectivity index (χ0n) is 14.0. The van der Waals surface area contributed by atoms with E-state index in [-0.39, 0.29) is 6.42 Å². The number of benzene rings is 1. The number of thiophene rings is 1. The van der Waals surface area contributed by atoms with Crippen molar-refractivity contribution < 1.29 is 9.90 Å². The Hall–Kier alpha value is -2.69. The lowest BCUT2D eigenvalue weighted by Gasteiger charge is -2.08. The number of nitriles is 1. The van der Waals surface area contributed by atoms with Crippen LogP contribution in [0.5, 0.6) is 0 Å². The standard InChI is InChI=1S/C19H15N3O2S2/c1-12-15(10-20)18(16-6-3-7-25-16)22-19(21-12)26-11-14-5-2-4-13(8-14)9-17(23)24/h2-8H,9,11H2,1H3,(H,23,24). The molecule has 3 aromatic rings. The van der Waals surface area contributed by atoms with E-state index in [2.05, 4.69) is 16.0 Å². The van der Waals surface area contributed by atoms with E-state index in [9.17, 15) is 10.1 Å². The maximum absolute atomic E-state index is 10.9. The maximum atomic E-state index is 10.9. The number of carboxylic acid groups (broad SMARTS) is 1. The second-order valence-corrected chi connectivity index (χ2v) is 7.47. The molecule has 5 nitrogen and oxygen atoms in total. The zero-order chi connectivity index (χ0) is 18.5. The normalized spacial score (nSPS) is 10.5. The number of aromatic nitrogens is 2. The SMILES string of the molecule is Cc1nc(SCc2cccc(CC(=O)O)c2)nc(-c2cccs2)c1C#N. The molecule has 0 saturated heterocycles. The van der Waals surface area contributed by atoms with Gasteiger partial charge in [-0.15, -0.1) is 11.3 Å². The summed E-state index contributed by atoms with van der Waals surface area (Å²) in [5.74, 6) is -0.218. The third-order valence-corrected chi connectivity index (χ3v) is 5.45. The van der Waals surface area contributed by atoms with Crippen LogP contribution in [0.1, 0.15) is 22.4 Å². The lowest BCUT2D eigenvalue weighted by molar-refractivity contribution is -0.136. The Labute approximate surface area is 159 Å². The zero-order valence-corrected chi connectivity index (χ0v) is 15.6. The van der Waals surface area contributed by atoms with Gasteiger partial charge in [0.1, 0.15) is 17.3 Å². The van der Waals surface area contributed by atoms with Crippen LogP contribution in [0.4, 0.5) is 0 Å². The lowest BCUT2D eigenvalue weighted by Crippen LogP contribution is -2.01. The highest BCUT2D eigenvalue weighted by molar-refractivity contribution is 7.98. The highest BCUT2D eigenvalue weighted by Gasteiger charge is 2.14. The van der Waals surface area contributed by atoms with Crippen molar-refractivity contribution in [1.29, 1.82) is 5.26 Å². The van der Waals surface area contributed by atoms with E-state index >= 15 is 0 Å². The van der Waals surface area contributed by atoms with Gasteiger partial charge in [-0.05, 0) is 29.5 Å². The minimum absolute atomic E-state index is 0.00745. The first-order chi connectivity index (χ1) is 12.6. The summed E-state index contributed by atoms with van der Waals surface area (Å²) >= 11 is 3.01. The van der Waals surface area contributed by atoms with Gasteiger partial charge >= 0.3 is 5.97 Å². The summed E-state index contributed by atoms with van der Waals surface area (Å²) in [5, 5.41) is 20.9. The molecule has 1 N–H and O–H groups in total. The highest BCUT2D eigenvalue weighted by atomic mass is 32.2. The number of hydrogen-bond acceptors (Lipinski definition) is 6. The number of rotatable bonds is 6. The quantitative estimate of drug-likeness (QED) is 0.506. The number of carbonyl (C=O) groups is 1. The van der Waals surface area contributed by atoms with Crippen LogP contribution in [0.25, 0.3) is 10.6 Å². The molecule has 0 unspecified atom stereocenters. The third-order valence-electron chi connectivity index (χ3n) is 3.65. The Bertz CT molecular complexity index is 979. The van der Waals surface area contributed by atoms with Gasteiger partial charge in [-0.3, -0.25) is 4.79 Å². The summed E-state index contributed by atoms with van der Waals surface area (Å²) in [7, 11) is 0. The molecule has 0 radical (unpaired) electrons. The summed E-state index contributed by atoms with van der Waals surface area (Å²) in [4.78, 5) is 20.8. The molecule has 0 fully saturated rings. The maximum Gasteiger partial charge on any atom is 0.307 e. The van der Waals surface area contributed by atoms with Crippen molar-refractivity contribution in [2.24, 2.45) is 0 Å². The average molecular weight is 381 g/mol. The first-order valence-electron chi connectivity index (χ1n) is 7.82. The molecule has 0 aliphatic heterocycles. The van der Waals surface area contributed by atoms with Gasteiger partial charge in [-0.2, -0.15) is 5.26 Å². The summed E-state index contributed by atoms with van der Waals surface area (Å²) in [6.45, 7) is 1.81. The van der Waals surface area contributed by atoms with Gasteiger partial charge in [0.05, 0.1) is 17.0 Å². The van der Waals surface area contributed by atoms with Gasteiger partial charge in [0, 0.05) is 5.75 Å². The van der Waals surface area contributed by atoms with Gasteiger partial charge in [-0.25, -0.2) is 9.97 Å². The minimum Gasteiger partial charge on any atom is -0.481 e. The summed E-state index contributed by atoms with van der Waals surface area (Å²) < 4.78 is 0. The van der Waals surface area contributed by atoms with Gasteiger partial charge < -0.3 is 5.11 Å². The van der Waals surface area contributed by atoms with Gasteiger partial charge in [0.2, 0.25) is 0 Å². The van der Waals surface area contributed by atoms with Crippen LogP contribution in [0.15, 0.2) is 46.9 Å². The molecular weight excluding hydrogens is 366 g/mol. The molecule has 2 aromatic heterocycles. The van der Waals surface area contributed by atoms with Gasteiger partial charge in [0.25, 0.3) is 0 Å². The van der Waals surface area contributed by atoms with E-state index < -0.39 is 5.97 Å². The molecule has 26 heavy (non-hydrogen) atoms. The third kappa shape index (κ3) is 4.28. The number of nitrogens with zero attached hydrogens (tertiary/aromatic N) is 3. The van der Waals surface area contributed by atoms with Crippen LogP contribution in [0.2, 0.25) is 0 Å². The van der Waals surface area contributed by atoms with Crippen LogP contribution in [-0.4, -0.2) is 21.0 Å². The Morgan fingerprint density at radius 3 is 2.77 bits per heavy atom. The van der Waals surface area contributed by atoms with E-state index in [1.807, 2.05) is 42.6 Å². The minimum atomic E-state index is -0.846. The number of hydrogen-bond donors (Lipinski definition) is 1. The average Bonchev–Trinajstić information content (AvgIpc) is 3.14. The van der Waals surface area contributed by atoms with Crippen LogP contribution < -0.4 is 0 Å². The molecule has 0 bridgehead atoms. The first-order valence-corrected chi connectivity index (χ1v) is 9.68. The van der Waals surface area contributed by atoms with Crippen molar-refractivity contribution >= 4 is 29.1 Å². The summed E-state index contributed by atoms with van der Waals surface area (Å²) in [6.07, 6.45) is 0.00745. The molecular formula is C19H15N3O2S2. The smallest absolute Gasteiger partial charge is 0.307 e. The van der Waals surface area contributed by atoms with Crippen molar-refractivity contribution in [3.05, 3.63) is 64.2 Å². The van der Waals surface area contributed by atoms with Gasteiger partial charge in [0.15, 0.2) is 5.16 Å². The second-order valence-electron chi connectivity index (χ2n) is 5.58. The molecule has 0 atom stereocenters. The summed E-state index contributed by atoms with van der Waals surface area (Å²) in [6, 6.07) is 13.6. The largest absolute Gasteiger partial charge is 0.481 e. The van der Waals surface area contributed by atoms with Gasteiger partial charge in [-0.1, -0.05) is 42.1 Å². The molecule has 2 heterocycles. The Kier molecular flexibility index (Phi) is 5.66. The van der Waals surface area contributed by atoms with Crippen molar-refractivity contribution in [3.8, 4) is 16.6 Å². The lowest BCUT2D eigenvalue weighted by atomic mass is 10.1. The van der Waals surface area contributed by atoms with Crippen LogP contribution in [-0.2, 0) is 17.0 Å². The van der Waals surface area contributed by atoms with E-state index in [0.29, 0.717) is 27.9 Å². The predicted octanol–water partition coefficient (Wildman–Crippen LogP) is 4.30. The van der Waals surface area contributed by atoms with Crippen LogP contribution >= 0.6 is 23.1 Å². The molecule has 0 spiro atoms.